The molecule has 0 spiro atoms. The Balaban J connectivity index is 1.20. The number of nitrogens with one attached hydrogen (secondary N) is 1. The fourth-order valence-corrected chi connectivity index (χ4v) is 5.65. The second kappa shape index (κ2) is 8.60. The molecule has 1 amide bonds. The molecule has 0 bridgehead atoms. The molecule has 6 rings (SSSR count). The van der Waals surface area contributed by atoms with Gasteiger partial charge in [-0.1, -0.05) is 0 Å². The van der Waals surface area contributed by atoms with Crippen LogP contribution in [0.25, 0.3) is 0 Å². The smallest absolute Gasteiger partial charge is 0.396 e. The molecule has 36 heavy (non-hydrogen) atoms. The van der Waals surface area contributed by atoms with E-state index in [-0.39, 0.29) is 29.6 Å². The van der Waals surface area contributed by atoms with E-state index in [9.17, 15) is 26.7 Å². The first-order chi connectivity index (χ1) is 17.1. The largest absolute Gasteiger partial charge is 0.484 e. The Labute approximate surface area is 202 Å². The van der Waals surface area contributed by atoms with Crippen LogP contribution in [-0.2, 0) is 11.2 Å². The number of oxazole rings is 1. The first-order valence-electron chi connectivity index (χ1n) is 12.0. The third kappa shape index (κ3) is 4.62. The molecule has 12 heteroatoms. The number of alkyl halides is 3. The summed E-state index contributed by atoms with van der Waals surface area (Å²) in [7, 11) is 0. The minimum Gasteiger partial charge on any atom is -0.484 e. The van der Waals surface area contributed by atoms with Crippen LogP contribution < -0.4 is 15.0 Å². The number of rotatable bonds is 6. The van der Waals surface area contributed by atoms with Crippen molar-refractivity contribution >= 4 is 17.6 Å². The second-order valence-electron chi connectivity index (χ2n) is 10.2. The topological polar surface area (TPSA) is 76.8 Å². The SMILES string of the molecule is O=C(Nc1cc(F)c(OC2CC3C[C@H]3C2)c(F)c1)c1nc(N2CC3COCC3C2)oc1CC(F)(F)F. The van der Waals surface area contributed by atoms with Gasteiger partial charge in [-0.25, -0.2) is 8.78 Å². The number of hydrogen-bond donors (Lipinski definition) is 1. The van der Waals surface area contributed by atoms with Gasteiger partial charge in [-0.2, -0.15) is 18.2 Å². The maximum atomic E-state index is 14.6. The Hall–Kier alpha value is -2.89. The number of halogens is 5. The van der Waals surface area contributed by atoms with Crippen molar-refractivity contribution in [2.75, 3.05) is 36.5 Å². The Kier molecular flexibility index (Phi) is 5.62. The predicted molar refractivity (Wildman–Crippen MR) is 116 cm³/mol. The van der Waals surface area contributed by atoms with Crippen LogP contribution >= 0.6 is 0 Å². The number of fused-ring (bicyclic) bond motifs is 2. The Morgan fingerprint density at radius 1 is 1.06 bits per heavy atom. The maximum absolute atomic E-state index is 14.6. The van der Waals surface area contributed by atoms with Crippen molar-refractivity contribution in [3.05, 3.63) is 35.2 Å². The van der Waals surface area contributed by atoms with Gasteiger partial charge in [-0.3, -0.25) is 4.79 Å². The van der Waals surface area contributed by atoms with Crippen LogP contribution in [0, 0.1) is 35.3 Å². The molecule has 2 aromatic rings. The fraction of sp³-hybridized carbons (Fsp3) is 0.583. The molecule has 194 valence electrons. The lowest BCUT2D eigenvalue weighted by Crippen LogP contribution is -2.22. The van der Waals surface area contributed by atoms with Crippen LogP contribution in [0.4, 0.5) is 33.7 Å². The number of ether oxygens (including phenoxy) is 2. The Bertz CT molecular complexity index is 1140. The number of aromatic nitrogens is 1. The Morgan fingerprint density at radius 3 is 2.31 bits per heavy atom. The van der Waals surface area contributed by atoms with E-state index in [1.54, 1.807) is 4.90 Å². The number of carbonyl (C=O) groups excluding carboxylic acids is 1. The maximum Gasteiger partial charge on any atom is 0.396 e. The lowest BCUT2D eigenvalue weighted by molar-refractivity contribution is -0.130. The third-order valence-electron chi connectivity index (χ3n) is 7.51. The van der Waals surface area contributed by atoms with Gasteiger partial charge < -0.3 is 24.1 Å². The highest BCUT2D eigenvalue weighted by atomic mass is 19.4. The summed E-state index contributed by atoms with van der Waals surface area (Å²) in [6, 6.07) is 1.65. The van der Waals surface area contributed by atoms with E-state index >= 15 is 0 Å². The van der Waals surface area contributed by atoms with E-state index < -0.39 is 47.3 Å². The molecule has 2 saturated carbocycles. The molecule has 3 heterocycles. The quantitative estimate of drug-likeness (QED) is 0.571. The summed E-state index contributed by atoms with van der Waals surface area (Å²) < 4.78 is 85.1. The lowest BCUT2D eigenvalue weighted by atomic mass is 10.0. The van der Waals surface area contributed by atoms with Gasteiger partial charge >= 0.3 is 6.18 Å². The number of amides is 1. The summed E-state index contributed by atoms with van der Waals surface area (Å²) in [5.41, 5.74) is -0.853. The van der Waals surface area contributed by atoms with Crippen LogP contribution in [0.5, 0.6) is 5.75 Å². The molecular formula is C24H24F5N3O4. The van der Waals surface area contributed by atoms with Crippen molar-refractivity contribution in [1.82, 2.24) is 4.98 Å². The highest BCUT2D eigenvalue weighted by Crippen LogP contribution is 2.52. The Morgan fingerprint density at radius 2 is 1.69 bits per heavy atom. The fourth-order valence-electron chi connectivity index (χ4n) is 5.65. The lowest BCUT2D eigenvalue weighted by Gasteiger charge is -2.17. The zero-order valence-corrected chi connectivity index (χ0v) is 19.1. The van der Waals surface area contributed by atoms with Crippen LogP contribution in [0.2, 0.25) is 0 Å². The van der Waals surface area contributed by atoms with E-state index in [2.05, 4.69) is 10.3 Å². The van der Waals surface area contributed by atoms with Crippen LogP contribution in [0.3, 0.4) is 0 Å². The summed E-state index contributed by atoms with van der Waals surface area (Å²) >= 11 is 0. The number of nitrogens with zero attached hydrogens (tertiary/aromatic N) is 2. The first-order valence-corrected chi connectivity index (χ1v) is 12.0. The van der Waals surface area contributed by atoms with Crippen molar-refractivity contribution in [1.29, 1.82) is 0 Å². The van der Waals surface area contributed by atoms with Gasteiger partial charge in [0.1, 0.15) is 12.2 Å². The zero-order chi connectivity index (χ0) is 25.2. The number of anilines is 2. The van der Waals surface area contributed by atoms with Crippen molar-refractivity contribution in [2.24, 2.45) is 23.7 Å². The average molecular weight is 513 g/mol. The normalized spacial score (nSPS) is 28.8. The molecule has 7 nitrogen and oxygen atoms in total. The monoisotopic (exact) mass is 513 g/mol. The average Bonchev–Trinajstić information content (AvgIpc) is 3.22. The molecule has 0 radical (unpaired) electrons. The van der Waals surface area contributed by atoms with E-state index in [1.807, 2.05) is 0 Å². The van der Waals surface area contributed by atoms with Crippen molar-refractivity contribution in [3.63, 3.8) is 0 Å². The molecule has 1 aromatic carbocycles. The highest BCUT2D eigenvalue weighted by molar-refractivity contribution is 6.03. The molecule has 2 aliphatic carbocycles. The van der Waals surface area contributed by atoms with E-state index in [0.717, 1.165) is 31.4 Å². The summed E-state index contributed by atoms with van der Waals surface area (Å²) in [6.45, 7) is 2.06. The van der Waals surface area contributed by atoms with Gasteiger partial charge in [-0.15, -0.1) is 0 Å². The van der Waals surface area contributed by atoms with E-state index in [4.69, 9.17) is 13.9 Å². The molecule has 1 N–H and O–H groups in total. The van der Waals surface area contributed by atoms with Crippen LogP contribution in [0.1, 0.15) is 35.5 Å². The number of carbonyl (C=O) groups is 1. The van der Waals surface area contributed by atoms with Gasteiger partial charge in [0.05, 0.1) is 19.3 Å². The minimum atomic E-state index is -4.65. The minimum absolute atomic E-state index is 0.0930. The van der Waals surface area contributed by atoms with Crippen molar-refractivity contribution in [2.45, 2.75) is 38.0 Å². The zero-order valence-electron chi connectivity index (χ0n) is 19.1. The van der Waals surface area contributed by atoms with Gasteiger partial charge in [0, 0.05) is 42.7 Å². The third-order valence-corrected chi connectivity index (χ3v) is 7.51. The predicted octanol–water partition coefficient (Wildman–Crippen LogP) is 4.57. The molecule has 4 fully saturated rings. The molecular weight excluding hydrogens is 489 g/mol. The number of hydrogen-bond acceptors (Lipinski definition) is 6. The first kappa shape index (κ1) is 23.5. The van der Waals surface area contributed by atoms with Crippen molar-refractivity contribution in [3.8, 4) is 5.75 Å². The number of benzene rings is 1. The van der Waals surface area contributed by atoms with Gasteiger partial charge in [0.15, 0.2) is 23.1 Å². The standard InChI is InChI=1S/C24H24F5N3O4/c25-17-4-15(5-18(26)21(17)35-16-2-11-1-12(11)3-16)30-22(33)20-19(6-24(27,28)29)36-23(31-20)32-7-13-9-34-10-14(13)8-32/h4-5,11-14,16H,1-3,6-10H2,(H,30,33)/t11-,12?,13?,14?,16?/m0/s1. The van der Waals surface area contributed by atoms with Crippen LogP contribution in [0.15, 0.2) is 16.5 Å². The molecule has 2 saturated heterocycles. The second-order valence-corrected chi connectivity index (χ2v) is 10.2. The van der Waals surface area contributed by atoms with Crippen LogP contribution in [-0.4, -0.2) is 49.5 Å². The molecule has 5 atom stereocenters. The van der Waals surface area contributed by atoms with Gasteiger partial charge in [0.25, 0.3) is 11.9 Å². The van der Waals surface area contributed by atoms with Gasteiger partial charge in [0.2, 0.25) is 0 Å². The summed E-state index contributed by atoms with van der Waals surface area (Å²) in [4.78, 5) is 18.6. The molecule has 4 unspecified atom stereocenters. The summed E-state index contributed by atoms with van der Waals surface area (Å²) in [5, 5.41) is 2.24. The van der Waals surface area contributed by atoms with Crippen molar-refractivity contribution < 1.29 is 40.6 Å². The summed E-state index contributed by atoms with van der Waals surface area (Å²) in [5.74, 6) is -2.72. The van der Waals surface area contributed by atoms with E-state index in [0.29, 0.717) is 38.1 Å². The molecule has 2 aliphatic heterocycles. The molecule has 4 aliphatic rings. The van der Waals surface area contributed by atoms with Gasteiger partial charge in [-0.05, 0) is 31.1 Å². The van der Waals surface area contributed by atoms with E-state index in [1.165, 1.54) is 0 Å². The highest BCUT2D eigenvalue weighted by Gasteiger charge is 2.47. The summed E-state index contributed by atoms with van der Waals surface area (Å²) in [6.07, 6.45) is -3.78. The molecule has 1 aromatic heterocycles.